The molecule has 26 heavy (non-hydrogen) atoms. The van der Waals surface area contributed by atoms with Gasteiger partial charge in [0.05, 0.1) is 0 Å². The monoisotopic (exact) mass is 358 g/mol. The molecule has 0 spiro atoms. The number of rotatable bonds is 5. The van der Waals surface area contributed by atoms with Crippen molar-refractivity contribution < 1.29 is 14.3 Å². The van der Waals surface area contributed by atoms with Crippen LogP contribution < -0.4 is 9.47 Å². The lowest BCUT2D eigenvalue weighted by Crippen LogP contribution is -2.46. The Morgan fingerprint density at radius 3 is 2.73 bits per heavy atom. The van der Waals surface area contributed by atoms with Gasteiger partial charge in [0.25, 0.3) is 0 Å². The van der Waals surface area contributed by atoms with Crippen LogP contribution in [0.2, 0.25) is 0 Å². The van der Waals surface area contributed by atoms with E-state index in [1.165, 1.54) is 38.2 Å². The molecule has 1 aromatic rings. The number of unbranched alkanes of at least 4 members (excludes halogenated alkanes) is 2. The number of hydrogen-bond donors (Lipinski definition) is 0. The highest BCUT2D eigenvalue weighted by atomic mass is 16.5. The van der Waals surface area contributed by atoms with Crippen LogP contribution in [0.15, 0.2) is 12.1 Å². The summed E-state index contributed by atoms with van der Waals surface area (Å²) >= 11 is 0. The third-order valence-corrected chi connectivity index (χ3v) is 6.24. The first-order chi connectivity index (χ1) is 12.3. The summed E-state index contributed by atoms with van der Waals surface area (Å²) < 4.78 is 12.2. The van der Waals surface area contributed by atoms with Gasteiger partial charge in [0, 0.05) is 18.4 Å². The zero-order valence-corrected chi connectivity index (χ0v) is 17.1. The number of aryl methyl sites for hydroxylation is 1. The maximum atomic E-state index is 11.8. The van der Waals surface area contributed by atoms with Crippen molar-refractivity contribution in [2.45, 2.75) is 91.1 Å². The third-order valence-electron chi connectivity index (χ3n) is 6.24. The Kier molecular flexibility index (Phi) is 5.64. The fourth-order valence-corrected chi connectivity index (χ4v) is 4.96. The molecule has 1 aliphatic heterocycles. The van der Waals surface area contributed by atoms with Crippen LogP contribution in [0.4, 0.5) is 0 Å². The van der Waals surface area contributed by atoms with Gasteiger partial charge in [0.2, 0.25) is 0 Å². The Balaban J connectivity index is 2.03. The molecule has 1 aliphatic carbocycles. The van der Waals surface area contributed by atoms with Gasteiger partial charge in [0.1, 0.15) is 17.1 Å². The van der Waals surface area contributed by atoms with E-state index >= 15 is 0 Å². The number of esters is 1. The largest absolute Gasteiger partial charge is 0.487 e. The fraction of sp³-hybridized carbons (Fsp3) is 0.696. The summed E-state index contributed by atoms with van der Waals surface area (Å²) in [6, 6.07) is 4.29. The van der Waals surface area contributed by atoms with E-state index in [9.17, 15) is 4.79 Å². The van der Waals surface area contributed by atoms with Crippen LogP contribution in [0.25, 0.3) is 0 Å². The molecule has 1 heterocycles. The molecular weight excluding hydrogens is 324 g/mol. The molecule has 0 aromatic heterocycles. The Morgan fingerprint density at radius 2 is 2.04 bits per heavy atom. The fourth-order valence-electron chi connectivity index (χ4n) is 4.96. The topological polar surface area (TPSA) is 35.5 Å². The van der Waals surface area contributed by atoms with Gasteiger partial charge in [-0.05, 0) is 69.1 Å². The van der Waals surface area contributed by atoms with Crippen LogP contribution in [0.3, 0.4) is 0 Å². The lowest BCUT2D eigenvalue weighted by molar-refractivity contribution is -0.132. The third kappa shape index (κ3) is 3.92. The normalized spacial score (nSPS) is 26.4. The van der Waals surface area contributed by atoms with E-state index < -0.39 is 0 Å². The average Bonchev–Trinajstić information content (AvgIpc) is 2.53. The number of ether oxygens (including phenoxy) is 2. The molecular formula is C23H34O3. The summed E-state index contributed by atoms with van der Waals surface area (Å²) in [7, 11) is 0. The quantitative estimate of drug-likeness (QED) is 0.366. The molecule has 0 radical (unpaired) electrons. The predicted octanol–water partition coefficient (Wildman–Crippen LogP) is 6.04. The molecule has 0 saturated heterocycles. The van der Waals surface area contributed by atoms with E-state index in [4.69, 9.17) is 9.47 Å². The zero-order chi connectivity index (χ0) is 18.9. The van der Waals surface area contributed by atoms with Gasteiger partial charge >= 0.3 is 5.97 Å². The van der Waals surface area contributed by atoms with E-state index in [0.717, 1.165) is 36.3 Å². The smallest absolute Gasteiger partial charge is 0.308 e. The molecule has 0 bridgehead atoms. The van der Waals surface area contributed by atoms with Crippen molar-refractivity contribution in [3.05, 3.63) is 23.3 Å². The number of benzene rings is 1. The minimum absolute atomic E-state index is 0.173. The summed E-state index contributed by atoms with van der Waals surface area (Å²) in [6.45, 7) is 10.5. The minimum atomic E-state index is -0.247. The molecule has 3 nitrogen and oxygen atoms in total. The second-order valence-electron chi connectivity index (χ2n) is 8.89. The van der Waals surface area contributed by atoms with Gasteiger partial charge in [0.15, 0.2) is 0 Å². The number of hydrogen-bond acceptors (Lipinski definition) is 3. The molecule has 3 unspecified atom stereocenters. The first-order valence-corrected chi connectivity index (χ1v) is 10.4. The average molecular weight is 359 g/mol. The van der Waals surface area contributed by atoms with Crippen molar-refractivity contribution >= 4 is 5.97 Å². The molecule has 1 saturated carbocycles. The van der Waals surface area contributed by atoms with Crippen LogP contribution in [0, 0.1) is 11.8 Å². The van der Waals surface area contributed by atoms with Crippen molar-refractivity contribution in [2.75, 3.05) is 0 Å². The van der Waals surface area contributed by atoms with Gasteiger partial charge in [-0.1, -0.05) is 33.1 Å². The van der Waals surface area contributed by atoms with Gasteiger partial charge in [-0.2, -0.15) is 0 Å². The Bertz CT molecular complexity index is 662. The van der Waals surface area contributed by atoms with E-state index in [2.05, 4.69) is 39.8 Å². The van der Waals surface area contributed by atoms with Crippen LogP contribution in [-0.4, -0.2) is 11.6 Å². The molecule has 0 amide bonds. The number of carbonyl (C=O) groups is 1. The summed E-state index contributed by atoms with van der Waals surface area (Å²) in [5.74, 6) is 3.02. The first-order valence-electron chi connectivity index (χ1n) is 10.4. The highest BCUT2D eigenvalue weighted by molar-refractivity contribution is 5.71. The Hall–Kier alpha value is -1.51. The van der Waals surface area contributed by atoms with Crippen molar-refractivity contribution in [1.29, 1.82) is 0 Å². The lowest BCUT2D eigenvalue weighted by atomic mass is 9.64. The van der Waals surface area contributed by atoms with E-state index in [-0.39, 0.29) is 11.6 Å². The van der Waals surface area contributed by atoms with E-state index in [1.807, 2.05) is 0 Å². The standard InChI is InChI=1S/C23H34O3/c1-6-7-8-9-17-13-20(25-16(3)24)22-18-12-15(2)10-11-19(18)23(4,5)26-21(22)14-17/h13-15,18-19H,6-12H2,1-5H3. The van der Waals surface area contributed by atoms with Crippen LogP contribution >= 0.6 is 0 Å². The summed E-state index contributed by atoms with van der Waals surface area (Å²) in [4.78, 5) is 11.8. The molecule has 1 aromatic carbocycles. The van der Waals surface area contributed by atoms with E-state index in [1.54, 1.807) is 0 Å². The van der Waals surface area contributed by atoms with Crippen LogP contribution in [0.5, 0.6) is 11.5 Å². The van der Waals surface area contributed by atoms with Gasteiger partial charge in [-0.3, -0.25) is 4.79 Å². The number of fused-ring (bicyclic) bond motifs is 3. The van der Waals surface area contributed by atoms with Crippen LogP contribution in [-0.2, 0) is 11.2 Å². The summed E-state index contributed by atoms with van der Waals surface area (Å²) in [5, 5.41) is 0. The maximum absolute atomic E-state index is 11.8. The lowest BCUT2D eigenvalue weighted by Gasteiger charge is -2.49. The molecule has 3 atom stereocenters. The molecule has 3 heteroatoms. The second-order valence-corrected chi connectivity index (χ2v) is 8.89. The zero-order valence-electron chi connectivity index (χ0n) is 17.1. The molecule has 3 rings (SSSR count). The van der Waals surface area contributed by atoms with Crippen molar-refractivity contribution in [1.82, 2.24) is 0 Å². The summed E-state index contributed by atoms with van der Waals surface area (Å²) in [6.07, 6.45) is 8.15. The van der Waals surface area contributed by atoms with Crippen molar-refractivity contribution in [3.8, 4) is 11.5 Å². The highest BCUT2D eigenvalue weighted by Crippen LogP contribution is 2.55. The minimum Gasteiger partial charge on any atom is -0.487 e. The van der Waals surface area contributed by atoms with Crippen molar-refractivity contribution in [2.24, 2.45) is 11.8 Å². The maximum Gasteiger partial charge on any atom is 0.308 e. The van der Waals surface area contributed by atoms with E-state index in [0.29, 0.717) is 17.8 Å². The Morgan fingerprint density at radius 1 is 1.27 bits per heavy atom. The van der Waals surface area contributed by atoms with Gasteiger partial charge in [-0.25, -0.2) is 0 Å². The van der Waals surface area contributed by atoms with Crippen molar-refractivity contribution in [3.63, 3.8) is 0 Å². The summed E-state index contributed by atoms with van der Waals surface area (Å²) in [5.41, 5.74) is 2.18. The van der Waals surface area contributed by atoms with Crippen LogP contribution in [0.1, 0.15) is 90.2 Å². The molecule has 0 N–H and O–H groups in total. The molecule has 2 aliphatic rings. The molecule has 1 fully saturated rings. The predicted molar refractivity (Wildman–Crippen MR) is 105 cm³/mol. The Labute approximate surface area is 158 Å². The SMILES string of the molecule is CCCCCc1cc(OC(C)=O)c2c(c1)OC(C)(C)C1CCC(C)CC21. The highest BCUT2D eigenvalue weighted by Gasteiger charge is 2.47. The number of carbonyl (C=O) groups excluding carboxylic acids is 1. The van der Waals surface area contributed by atoms with Gasteiger partial charge < -0.3 is 9.47 Å². The van der Waals surface area contributed by atoms with Gasteiger partial charge in [-0.15, -0.1) is 0 Å². The second kappa shape index (κ2) is 7.62. The first kappa shape index (κ1) is 19.3. The molecule has 144 valence electrons.